The van der Waals surface area contributed by atoms with Gasteiger partial charge in [0, 0.05) is 25.8 Å². The molecule has 0 saturated carbocycles. The Bertz CT molecular complexity index is 713. The highest BCUT2D eigenvalue weighted by atomic mass is 16.5. The molecule has 2 N–H and O–H groups in total. The van der Waals surface area contributed by atoms with Gasteiger partial charge in [-0.25, -0.2) is 4.98 Å². The smallest absolute Gasteiger partial charge is 0.294 e. The number of aromatic hydroxyl groups is 1. The number of unbranched alkanes of at least 4 members (excludes halogenated alkanes) is 1. The van der Waals surface area contributed by atoms with Crippen LogP contribution in [0.3, 0.4) is 0 Å². The molecule has 0 aliphatic rings. The van der Waals surface area contributed by atoms with Crippen molar-refractivity contribution in [2.75, 3.05) is 13.2 Å². The zero-order chi connectivity index (χ0) is 16.7. The van der Waals surface area contributed by atoms with Gasteiger partial charge in [0.25, 0.3) is 5.56 Å². The molecule has 0 amide bonds. The van der Waals surface area contributed by atoms with Gasteiger partial charge in [-0.1, -0.05) is 6.07 Å². The lowest BCUT2D eigenvalue weighted by molar-refractivity contribution is 0.0962. The van der Waals surface area contributed by atoms with Crippen LogP contribution >= 0.6 is 0 Å². The highest BCUT2D eigenvalue weighted by Gasteiger charge is 2.18. The predicted molar refractivity (Wildman–Crippen MR) is 84.4 cm³/mol. The number of aromatic nitrogens is 3. The molecule has 0 radical (unpaired) electrons. The first-order valence-electron chi connectivity index (χ1n) is 7.49. The number of ether oxygens (including phenoxy) is 1. The Kier molecular flexibility index (Phi) is 5.99. The van der Waals surface area contributed by atoms with Gasteiger partial charge in [-0.3, -0.25) is 14.6 Å². The standard InChI is InChI=1S/C16H19N3O4/c1-2-23-10-6-4-8-12(20)13-14(21)16(22)19-15(18-13)11-7-3-5-9-17-11/h3,5,7,9,21H,2,4,6,8,10H2,1H3,(H,18,19,22). The number of carbonyl (C=O) groups excluding carboxylic acids is 1. The van der Waals surface area contributed by atoms with Crippen LogP contribution in [0.5, 0.6) is 5.75 Å². The summed E-state index contributed by atoms with van der Waals surface area (Å²) in [4.78, 5) is 34.6. The molecule has 0 aliphatic heterocycles. The first-order valence-corrected chi connectivity index (χ1v) is 7.49. The summed E-state index contributed by atoms with van der Waals surface area (Å²) >= 11 is 0. The van der Waals surface area contributed by atoms with E-state index in [4.69, 9.17) is 4.74 Å². The van der Waals surface area contributed by atoms with Crippen molar-refractivity contribution in [3.05, 3.63) is 40.4 Å². The lowest BCUT2D eigenvalue weighted by Gasteiger charge is -2.06. The fourth-order valence-electron chi connectivity index (χ4n) is 2.04. The molecular weight excluding hydrogens is 298 g/mol. The Morgan fingerprint density at radius 1 is 1.35 bits per heavy atom. The van der Waals surface area contributed by atoms with E-state index in [0.717, 1.165) is 6.42 Å². The molecule has 2 aromatic heterocycles. The summed E-state index contributed by atoms with van der Waals surface area (Å²) in [6.45, 7) is 3.12. The molecule has 2 heterocycles. The van der Waals surface area contributed by atoms with Gasteiger partial charge in [-0.2, -0.15) is 0 Å². The molecule has 7 heteroatoms. The number of carbonyl (C=O) groups is 1. The Balaban J connectivity index is 2.16. The van der Waals surface area contributed by atoms with Gasteiger partial charge >= 0.3 is 0 Å². The Morgan fingerprint density at radius 2 is 2.17 bits per heavy atom. The number of hydrogen-bond donors (Lipinski definition) is 2. The van der Waals surface area contributed by atoms with Crippen molar-refractivity contribution in [3.63, 3.8) is 0 Å². The first-order chi connectivity index (χ1) is 11.1. The van der Waals surface area contributed by atoms with Crippen molar-refractivity contribution in [2.24, 2.45) is 0 Å². The average Bonchev–Trinajstić information content (AvgIpc) is 2.57. The van der Waals surface area contributed by atoms with Crippen LogP contribution in [0.1, 0.15) is 36.7 Å². The maximum Gasteiger partial charge on any atom is 0.294 e. The number of pyridine rings is 1. The highest BCUT2D eigenvalue weighted by molar-refractivity contribution is 5.96. The van der Waals surface area contributed by atoms with E-state index in [-0.39, 0.29) is 23.7 Å². The van der Waals surface area contributed by atoms with Crippen molar-refractivity contribution in [1.29, 1.82) is 0 Å². The highest BCUT2D eigenvalue weighted by Crippen LogP contribution is 2.17. The molecule has 0 spiro atoms. The molecule has 0 unspecified atom stereocenters. The Morgan fingerprint density at radius 3 is 2.87 bits per heavy atom. The van der Waals surface area contributed by atoms with Crippen LogP contribution < -0.4 is 5.56 Å². The van der Waals surface area contributed by atoms with E-state index in [1.54, 1.807) is 24.4 Å². The summed E-state index contributed by atoms with van der Waals surface area (Å²) in [5, 5.41) is 9.81. The largest absolute Gasteiger partial charge is 0.501 e. The van der Waals surface area contributed by atoms with Crippen molar-refractivity contribution in [1.82, 2.24) is 15.0 Å². The summed E-state index contributed by atoms with van der Waals surface area (Å²) < 4.78 is 5.20. The minimum absolute atomic E-state index is 0.158. The molecule has 2 rings (SSSR count). The maximum absolute atomic E-state index is 12.2. The number of aromatic amines is 1. The van der Waals surface area contributed by atoms with Crippen molar-refractivity contribution in [3.8, 4) is 17.3 Å². The van der Waals surface area contributed by atoms with Crippen LogP contribution in [-0.4, -0.2) is 39.1 Å². The summed E-state index contributed by atoms with van der Waals surface area (Å²) in [6.07, 6.45) is 3.08. The predicted octanol–water partition coefficient (Wildman–Crippen LogP) is 1.93. The molecule has 7 nitrogen and oxygen atoms in total. The molecule has 0 atom stereocenters. The van der Waals surface area contributed by atoms with Crippen LogP contribution in [0.15, 0.2) is 29.2 Å². The van der Waals surface area contributed by atoms with E-state index in [1.165, 1.54) is 0 Å². The van der Waals surface area contributed by atoms with Gasteiger partial charge in [0.2, 0.25) is 5.75 Å². The summed E-state index contributed by atoms with van der Waals surface area (Å²) in [5.41, 5.74) is -0.542. The molecule has 0 bridgehead atoms. The minimum atomic E-state index is -0.752. The molecule has 122 valence electrons. The zero-order valence-electron chi connectivity index (χ0n) is 12.9. The Labute approximate surface area is 133 Å². The third-order valence-electron chi connectivity index (χ3n) is 3.21. The van der Waals surface area contributed by atoms with E-state index in [0.29, 0.717) is 25.3 Å². The van der Waals surface area contributed by atoms with Gasteiger partial charge in [-0.05, 0) is 31.9 Å². The van der Waals surface area contributed by atoms with Gasteiger partial charge in [0.05, 0.1) is 0 Å². The number of Topliss-reactive ketones (excluding diaryl/α,β-unsaturated/α-hetero) is 1. The lowest BCUT2D eigenvalue weighted by atomic mass is 10.1. The second-order valence-electron chi connectivity index (χ2n) is 4.90. The van der Waals surface area contributed by atoms with Crippen LogP contribution in [0.2, 0.25) is 0 Å². The normalized spacial score (nSPS) is 10.7. The van der Waals surface area contributed by atoms with Crippen molar-refractivity contribution < 1.29 is 14.6 Å². The first kappa shape index (κ1) is 16.8. The zero-order valence-corrected chi connectivity index (χ0v) is 12.9. The number of nitrogens with zero attached hydrogens (tertiary/aromatic N) is 2. The number of hydrogen-bond acceptors (Lipinski definition) is 6. The second kappa shape index (κ2) is 8.19. The number of rotatable bonds is 8. The molecule has 0 saturated heterocycles. The van der Waals surface area contributed by atoms with Gasteiger partial charge in [0.15, 0.2) is 17.3 Å². The van der Waals surface area contributed by atoms with Crippen LogP contribution in [0.25, 0.3) is 11.5 Å². The van der Waals surface area contributed by atoms with E-state index in [1.807, 2.05) is 6.92 Å². The quantitative estimate of drug-likeness (QED) is 0.569. The summed E-state index contributed by atoms with van der Waals surface area (Å²) in [7, 11) is 0. The van der Waals surface area contributed by atoms with E-state index in [9.17, 15) is 14.7 Å². The molecule has 0 fully saturated rings. The molecule has 0 aromatic carbocycles. The second-order valence-corrected chi connectivity index (χ2v) is 4.90. The van der Waals surface area contributed by atoms with E-state index < -0.39 is 11.3 Å². The maximum atomic E-state index is 12.2. The number of nitrogens with one attached hydrogen (secondary N) is 1. The number of ketones is 1. The fraction of sp³-hybridized carbons (Fsp3) is 0.375. The fourth-order valence-corrected chi connectivity index (χ4v) is 2.04. The van der Waals surface area contributed by atoms with Gasteiger partial charge in [0.1, 0.15) is 5.69 Å². The van der Waals surface area contributed by atoms with Crippen LogP contribution in [0, 0.1) is 0 Å². The van der Waals surface area contributed by atoms with E-state index in [2.05, 4.69) is 15.0 Å². The average molecular weight is 317 g/mol. The van der Waals surface area contributed by atoms with Gasteiger partial charge < -0.3 is 14.8 Å². The Hall–Kier alpha value is -2.54. The third-order valence-corrected chi connectivity index (χ3v) is 3.21. The molecular formula is C16H19N3O4. The van der Waals surface area contributed by atoms with Gasteiger partial charge in [-0.15, -0.1) is 0 Å². The van der Waals surface area contributed by atoms with Crippen LogP contribution in [0.4, 0.5) is 0 Å². The van der Waals surface area contributed by atoms with Crippen LogP contribution in [-0.2, 0) is 4.74 Å². The summed E-state index contributed by atoms with van der Waals surface area (Å²) in [5.74, 6) is -0.868. The third kappa shape index (κ3) is 4.46. The van der Waals surface area contributed by atoms with Crippen molar-refractivity contribution >= 4 is 5.78 Å². The molecule has 0 aliphatic carbocycles. The van der Waals surface area contributed by atoms with Crippen molar-refractivity contribution in [2.45, 2.75) is 26.2 Å². The summed E-state index contributed by atoms with van der Waals surface area (Å²) in [6, 6.07) is 5.13. The topological polar surface area (TPSA) is 105 Å². The molecule has 23 heavy (non-hydrogen) atoms. The van der Waals surface area contributed by atoms with E-state index >= 15 is 0 Å². The lowest BCUT2D eigenvalue weighted by Crippen LogP contribution is -2.16. The molecule has 2 aromatic rings. The SMILES string of the molecule is CCOCCCCC(=O)c1nc(-c2ccccn2)[nH]c(=O)c1O. The minimum Gasteiger partial charge on any atom is -0.501 e. The monoisotopic (exact) mass is 317 g/mol. The number of H-pyrrole nitrogens is 1.